The van der Waals surface area contributed by atoms with Crippen molar-refractivity contribution in [2.75, 3.05) is 53.5 Å². The molecule has 597 valence electrons. The summed E-state index contributed by atoms with van der Waals surface area (Å²) < 4.78 is 202. The van der Waals surface area contributed by atoms with Gasteiger partial charge in [-0.05, 0) is 128 Å². The van der Waals surface area contributed by atoms with Crippen molar-refractivity contribution in [3.8, 4) is 31.7 Å². The van der Waals surface area contributed by atoms with E-state index in [4.69, 9.17) is 15.8 Å². The number of ether oxygens (including phenoxy) is 2. The van der Waals surface area contributed by atoms with Crippen molar-refractivity contribution >= 4 is 100 Å². The maximum absolute atomic E-state index is 13.4. The Morgan fingerprint density at radius 3 is 1.12 bits per heavy atom. The third-order valence-electron chi connectivity index (χ3n) is 17.5. The van der Waals surface area contributed by atoms with Gasteiger partial charge in [-0.25, -0.2) is 40.2 Å². The smallest absolute Gasteiger partial charge is 0.870 e. The van der Waals surface area contributed by atoms with E-state index in [2.05, 4.69) is 55.4 Å². The number of alkyl halides is 9. The number of carbonyl (C=O) groups excluding carboxylic acids is 2. The van der Waals surface area contributed by atoms with Crippen molar-refractivity contribution in [1.29, 1.82) is 0 Å². The number of benzene rings is 6. The van der Waals surface area contributed by atoms with E-state index in [0.717, 1.165) is 93.3 Å². The van der Waals surface area contributed by atoms with Gasteiger partial charge in [0.1, 0.15) is 15.0 Å². The van der Waals surface area contributed by atoms with E-state index >= 15 is 0 Å². The Bertz CT molecular complexity index is 5050. The van der Waals surface area contributed by atoms with Crippen LogP contribution in [-0.2, 0) is 130 Å². The second-order valence-corrected chi connectivity index (χ2v) is 34.5. The molecule has 0 amide bonds. The normalized spacial score (nSPS) is 13.6. The third-order valence-corrected chi connectivity index (χ3v) is 26.3. The molecule has 0 bridgehead atoms. The number of hydrogen-bond acceptors (Lipinski definition) is 20. The summed E-state index contributed by atoms with van der Waals surface area (Å²) in [5.41, 5.74) is 5.39. The van der Waals surface area contributed by atoms with Gasteiger partial charge in [-0.15, -0.1) is 34.0 Å². The summed E-state index contributed by atoms with van der Waals surface area (Å²) >= 11 is 4.08. The van der Waals surface area contributed by atoms with E-state index in [1.807, 2.05) is 0 Å². The molecule has 3 N–H and O–H groups in total. The van der Waals surface area contributed by atoms with Gasteiger partial charge in [-0.3, -0.25) is 14.4 Å². The van der Waals surface area contributed by atoms with Crippen LogP contribution in [0.1, 0.15) is 103 Å². The first kappa shape index (κ1) is 95.2. The van der Waals surface area contributed by atoms with E-state index in [1.54, 1.807) is 68.5 Å². The maximum Gasteiger partial charge on any atom is 1.00 e. The van der Waals surface area contributed by atoms with Gasteiger partial charge in [0, 0.05) is 95.9 Å². The fraction of sp³-hybridized carbons (Fsp3) is 0.351. The summed E-state index contributed by atoms with van der Waals surface area (Å²) in [4.78, 5) is 52.5. The van der Waals surface area contributed by atoms with E-state index in [9.17, 15) is 79.2 Å². The van der Waals surface area contributed by atoms with Gasteiger partial charge >= 0.3 is 55.3 Å². The molecule has 3 aromatic heterocycles. The standard InChI is InChI=1S/C23H21F3N2O4S2.C22H19F3N2O4S2.C13H11F3N2S.C10H11ClO4S.C6H15N.B.Li.H2O/c1-14-3-4-15(12-21(29)32-2)11-20(14)34(30,31)28-10-9-18-19(13-28)33-22(27-18)16-5-7-17(8-6-16)23(24,25)26;1-13-2-3-14(11-20(28)29)10-19(13)33(30,31)27-9-8-17-18(12-27)32-21(26-17)15-4-6-16(7-5-15)22(23,24)25;14-13(15,16)9-3-1-8(2-4-9)12-18-10-5-6-17-7-11(10)19-12;1-7-3-4-8(6-10(12)15-2)5-9(7)16(11,13)14;1-4-7(5-2)6-3;;;/h3-8,11H,9-10,12-13H2,1-2H3;2-7,10H,8-9,11-12H2,1H3,(H,28,29);1-4,17H,5-7H2;3-5H,6H2,1-2H3;4-6H2,1-3H3;;;1H2/q;;;;;;+1;/p-1. The van der Waals surface area contributed by atoms with Crippen LogP contribution in [0.25, 0.3) is 31.7 Å². The number of halogens is 10. The molecule has 112 heavy (non-hydrogen) atoms. The number of nitrogens with one attached hydrogen (secondary N) is 1. The van der Waals surface area contributed by atoms with Crippen molar-refractivity contribution in [2.45, 2.75) is 133 Å². The van der Waals surface area contributed by atoms with E-state index < -0.39 is 82.2 Å². The largest absolute Gasteiger partial charge is 1.00 e. The van der Waals surface area contributed by atoms with Crippen LogP contribution in [0, 0.1) is 20.8 Å². The molecule has 20 nitrogen and oxygen atoms in total. The number of aliphatic carboxylic acids is 1. The molecular formula is C74H78BClF9LiN7O13S6. The summed E-state index contributed by atoms with van der Waals surface area (Å²) in [5, 5.41) is 14.2. The molecule has 0 atom stereocenters. The number of esters is 2. The molecule has 0 saturated heterocycles. The first-order valence-electron chi connectivity index (χ1n) is 33.7. The van der Waals surface area contributed by atoms with Crippen molar-refractivity contribution in [3.05, 3.63) is 209 Å². The second-order valence-electron chi connectivity index (χ2n) is 24.9. The molecule has 6 aromatic carbocycles. The number of hydrogen-bond donors (Lipinski definition) is 2. The summed E-state index contributed by atoms with van der Waals surface area (Å²) in [6.07, 6.45) is -11.8. The molecule has 0 saturated carbocycles. The summed E-state index contributed by atoms with van der Waals surface area (Å²) in [7, 11) is -3.69. The average molecular weight is 1690 g/mol. The number of carboxylic acids is 1. The summed E-state index contributed by atoms with van der Waals surface area (Å²) in [6.45, 7) is 17.5. The molecule has 0 spiro atoms. The number of aryl methyl sites for hydroxylation is 3. The predicted octanol–water partition coefficient (Wildman–Crippen LogP) is 12.0. The maximum atomic E-state index is 13.4. The van der Waals surface area contributed by atoms with Crippen molar-refractivity contribution < 1.29 is 118 Å². The zero-order valence-electron chi connectivity index (χ0n) is 62.1. The molecule has 38 heteroatoms. The monoisotopic (exact) mass is 1690 g/mol. The van der Waals surface area contributed by atoms with Gasteiger partial charge in [-0.2, -0.15) is 48.1 Å². The van der Waals surface area contributed by atoms with Crippen LogP contribution in [0.3, 0.4) is 0 Å². The Balaban J connectivity index is 0.000000267. The van der Waals surface area contributed by atoms with Crippen LogP contribution < -0.4 is 24.2 Å². The van der Waals surface area contributed by atoms with E-state index in [0.29, 0.717) is 67.4 Å². The second kappa shape index (κ2) is 40.7. The topological polar surface area (TPSA) is 283 Å². The van der Waals surface area contributed by atoms with Crippen LogP contribution in [-0.4, -0.2) is 144 Å². The van der Waals surface area contributed by atoms with Crippen LogP contribution in [0.5, 0.6) is 0 Å². The molecule has 0 fully saturated rings. The minimum atomic E-state index is -4.42. The average Bonchev–Trinajstić information content (AvgIpc) is 1.26. The summed E-state index contributed by atoms with van der Waals surface area (Å²) in [6, 6.07) is 28.8. The Labute approximate surface area is 674 Å². The number of aromatic nitrogens is 3. The third kappa shape index (κ3) is 25.3. The minimum absolute atomic E-state index is 0. The zero-order valence-corrected chi connectivity index (χ0v) is 67.8. The molecule has 12 rings (SSSR count). The van der Waals surface area contributed by atoms with Crippen molar-refractivity contribution in [1.82, 2.24) is 33.8 Å². The van der Waals surface area contributed by atoms with Gasteiger partial charge in [-0.1, -0.05) is 93.6 Å². The number of nitrogens with zero attached hydrogens (tertiary/aromatic N) is 6. The Kier molecular flexibility index (Phi) is 34.6. The Hall–Kier alpha value is -7.41. The van der Waals surface area contributed by atoms with Crippen molar-refractivity contribution in [2.24, 2.45) is 0 Å². The number of methoxy groups -OCH3 is 2. The van der Waals surface area contributed by atoms with Gasteiger partial charge in [0.2, 0.25) is 20.0 Å². The first-order chi connectivity index (χ1) is 51.2. The van der Waals surface area contributed by atoms with Crippen LogP contribution in [0.4, 0.5) is 39.5 Å². The van der Waals surface area contributed by atoms with Crippen molar-refractivity contribution in [3.63, 3.8) is 0 Å². The molecule has 0 aliphatic carbocycles. The van der Waals surface area contributed by atoms with Gasteiger partial charge < -0.3 is 30.3 Å². The molecule has 9 aromatic rings. The van der Waals surface area contributed by atoms with E-state index in [1.165, 1.54) is 125 Å². The number of fused-ring (bicyclic) bond motifs is 3. The van der Waals surface area contributed by atoms with Gasteiger partial charge in [0.15, 0.2) is 0 Å². The number of thiazole rings is 3. The molecule has 6 heterocycles. The van der Waals surface area contributed by atoms with Crippen LogP contribution in [0.15, 0.2) is 142 Å². The van der Waals surface area contributed by atoms with E-state index in [-0.39, 0.29) is 92.9 Å². The predicted molar refractivity (Wildman–Crippen MR) is 406 cm³/mol. The number of carbonyl (C=O) groups is 3. The molecule has 3 radical (unpaired) electrons. The quantitative estimate of drug-likeness (QED) is 0.0371. The van der Waals surface area contributed by atoms with Gasteiger partial charge in [0.05, 0.1) is 95.0 Å². The Morgan fingerprint density at radius 1 is 0.509 bits per heavy atom. The number of sulfonamides is 2. The SMILES string of the molecule is CCN(CC)CC.COC(=O)Cc1ccc(C)c(S(=O)(=O)Cl)c1.COC(=O)Cc1ccc(C)c(S(=O)(=O)N2CCc3nc(-c4ccc(C(F)(F)F)cc4)sc3C2)c1.Cc1ccc(CC(=O)O)cc1S(=O)(=O)N1CCc2nc(-c3ccc(C(F)(F)F)cc3)sc2C1.FC(F)(F)c1ccc(-c2nc3c(s2)CNCC3)cc1.[B].[Li+].[OH-]. The fourth-order valence-corrected chi connectivity index (χ4v) is 19.5. The molecule has 3 aliphatic heterocycles. The zero-order chi connectivity index (χ0) is 80.1. The van der Waals surface area contributed by atoms with Gasteiger partial charge in [0.25, 0.3) is 9.05 Å². The minimum Gasteiger partial charge on any atom is -0.870 e. The first-order valence-corrected chi connectivity index (χ1v) is 41.3. The number of rotatable bonds is 17. The fourth-order valence-electron chi connectivity index (χ4n) is 11.3. The molecule has 3 aliphatic rings. The molecular weight excluding hydrogens is 1610 g/mol. The summed E-state index contributed by atoms with van der Waals surface area (Å²) in [5.74, 6) is -1.94. The van der Waals surface area contributed by atoms with Crippen LogP contribution >= 0.6 is 44.7 Å². The molecule has 0 unspecified atom stereocenters. The Morgan fingerprint density at radius 2 is 0.821 bits per heavy atom. The van der Waals surface area contributed by atoms with Crippen LogP contribution in [0.2, 0.25) is 0 Å². The number of carboxylic acid groups (broad SMARTS) is 1.